The molecular weight excluding hydrogens is 190 g/mol. The summed E-state index contributed by atoms with van der Waals surface area (Å²) in [6, 6.07) is 9.41. The van der Waals surface area contributed by atoms with Gasteiger partial charge in [-0.05, 0) is 12.8 Å². The summed E-state index contributed by atoms with van der Waals surface area (Å²) in [5, 5.41) is 9.04. The minimum Gasteiger partial charge on any atom is -0.478 e. The van der Waals surface area contributed by atoms with Gasteiger partial charge in [0, 0.05) is 11.8 Å². The highest BCUT2D eigenvalue weighted by molar-refractivity contribution is 5.98. The highest BCUT2D eigenvalue weighted by Crippen LogP contribution is 2.25. The molecule has 1 aliphatic rings. The smallest absolute Gasteiger partial charge is 0.333 e. The SMILES string of the molecule is O=C(O)C1=C(c2ccccc2)N=CCC1. The number of carbonyl (C=O) groups is 1. The summed E-state index contributed by atoms with van der Waals surface area (Å²) in [5.74, 6) is -0.870. The van der Waals surface area contributed by atoms with E-state index in [0.717, 1.165) is 5.56 Å². The molecule has 1 aromatic rings. The van der Waals surface area contributed by atoms with Crippen molar-refractivity contribution in [3.8, 4) is 0 Å². The van der Waals surface area contributed by atoms with E-state index in [1.54, 1.807) is 6.21 Å². The molecule has 0 aromatic heterocycles. The van der Waals surface area contributed by atoms with Crippen LogP contribution in [0, 0.1) is 0 Å². The molecule has 2 rings (SSSR count). The van der Waals surface area contributed by atoms with Crippen LogP contribution in [0.2, 0.25) is 0 Å². The number of carboxylic acids is 1. The fraction of sp³-hybridized carbons (Fsp3) is 0.167. The number of nitrogens with zero attached hydrogens (tertiary/aromatic N) is 1. The van der Waals surface area contributed by atoms with E-state index in [-0.39, 0.29) is 0 Å². The molecule has 1 N–H and O–H groups in total. The summed E-state index contributed by atoms with van der Waals surface area (Å²) >= 11 is 0. The summed E-state index contributed by atoms with van der Waals surface area (Å²) in [4.78, 5) is 15.2. The number of carboxylic acid groups (broad SMARTS) is 1. The van der Waals surface area contributed by atoms with E-state index in [1.165, 1.54) is 0 Å². The monoisotopic (exact) mass is 201 g/mol. The Morgan fingerprint density at radius 3 is 2.67 bits per heavy atom. The standard InChI is InChI=1S/C12H11NO2/c14-12(15)10-7-4-8-13-11(10)9-5-2-1-3-6-9/h1-3,5-6,8H,4,7H2,(H,14,15). The van der Waals surface area contributed by atoms with E-state index < -0.39 is 5.97 Å². The lowest BCUT2D eigenvalue weighted by Gasteiger charge is -2.11. The maximum Gasteiger partial charge on any atom is 0.333 e. The van der Waals surface area contributed by atoms with Crippen molar-refractivity contribution in [2.45, 2.75) is 12.8 Å². The van der Waals surface area contributed by atoms with Gasteiger partial charge in [0.05, 0.1) is 11.3 Å². The molecule has 0 aliphatic carbocycles. The third-order valence-electron chi connectivity index (χ3n) is 2.34. The molecule has 1 aliphatic heterocycles. The van der Waals surface area contributed by atoms with Crippen LogP contribution in [0.4, 0.5) is 0 Å². The van der Waals surface area contributed by atoms with E-state index in [0.29, 0.717) is 24.1 Å². The van der Waals surface area contributed by atoms with Crippen LogP contribution in [0.1, 0.15) is 18.4 Å². The Labute approximate surface area is 87.8 Å². The van der Waals surface area contributed by atoms with Crippen molar-refractivity contribution < 1.29 is 9.90 Å². The van der Waals surface area contributed by atoms with Crippen molar-refractivity contribution >= 4 is 17.9 Å². The predicted octanol–water partition coefficient (Wildman–Crippen LogP) is 2.35. The largest absolute Gasteiger partial charge is 0.478 e. The van der Waals surface area contributed by atoms with Crippen LogP contribution in [0.15, 0.2) is 40.9 Å². The summed E-state index contributed by atoms with van der Waals surface area (Å²) in [5.41, 5.74) is 1.86. The molecule has 0 fully saturated rings. The Morgan fingerprint density at radius 1 is 1.27 bits per heavy atom. The van der Waals surface area contributed by atoms with Crippen LogP contribution >= 0.6 is 0 Å². The van der Waals surface area contributed by atoms with Gasteiger partial charge in [-0.2, -0.15) is 0 Å². The van der Waals surface area contributed by atoms with Gasteiger partial charge in [0.2, 0.25) is 0 Å². The normalized spacial score (nSPS) is 15.5. The first-order valence-electron chi connectivity index (χ1n) is 4.83. The third kappa shape index (κ3) is 1.96. The van der Waals surface area contributed by atoms with Crippen LogP contribution in [0.3, 0.4) is 0 Å². The Kier molecular flexibility index (Phi) is 2.63. The van der Waals surface area contributed by atoms with Crippen molar-refractivity contribution in [3.63, 3.8) is 0 Å². The molecule has 0 unspecified atom stereocenters. The second kappa shape index (κ2) is 4.09. The summed E-state index contributed by atoms with van der Waals surface area (Å²) in [6.07, 6.45) is 3.04. The minimum atomic E-state index is -0.870. The zero-order valence-corrected chi connectivity index (χ0v) is 8.18. The molecule has 1 aromatic carbocycles. The van der Waals surface area contributed by atoms with Gasteiger partial charge in [-0.3, -0.25) is 4.99 Å². The highest BCUT2D eigenvalue weighted by Gasteiger charge is 2.17. The lowest BCUT2D eigenvalue weighted by molar-refractivity contribution is -0.132. The Hall–Kier alpha value is -1.90. The van der Waals surface area contributed by atoms with Gasteiger partial charge < -0.3 is 5.11 Å². The number of hydrogen-bond acceptors (Lipinski definition) is 2. The first-order valence-corrected chi connectivity index (χ1v) is 4.83. The summed E-state index contributed by atoms with van der Waals surface area (Å²) < 4.78 is 0. The Bertz CT molecular complexity index is 432. The van der Waals surface area contributed by atoms with Crippen molar-refractivity contribution in [3.05, 3.63) is 41.5 Å². The first kappa shape index (κ1) is 9.65. The van der Waals surface area contributed by atoms with Gasteiger partial charge in [0.1, 0.15) is 0 Å². The zero-order valence-electron chi connectivity index (χ0n) is 8.18. The van der Waals surface area contributed by atoms with E-state index >= 15 is 0 Å². The average Bonchev–Trinajstić information content (AvgIpc) is 2.30. The van der Waals surface area contributed by atoms with Gasteiger partial charge in [0.15, 0.2) is 0 Å². The second-order valence-electron chi connectivity index (χ2n) is 3.35. The molecule has 0 saturated carbocycles. The third-order valence-corrected chi connectivity index (χ3v) is 2.34. The number of aliphatic imine (C=N–C) groups is 1. The van der Waals surface area contributed by atoms with Crippen LogP contribution < -0.4 is 0 Å². The fourth-order valence-electron chi connectivity index (χ4n) is 1.61. The number of rotatable bonds is 2. The van der Waals surface area contributed by atoms with E-state index in [2.05, 4.69) is 4.99 Å². The summed E-state index contributed by atoms with van der Waals surface area (Å²) in [7, 11) is 0. The molecule has 0 amide bonds. The van der Waals surface area contributed by atoms with Crippen molar-refractivity contribution in [2.24, 2.45) is 4.99 Å². The van der Waals surface area contributed by atoms with Crippen molar-refractivity contribution in [1.82, 2.24) is 0 Å². The van der Waals surface area contributed by atoms with Crippen molar-refractivity contribution in [1.29, 1.82) is 0 Å². The molecule has 0 spiro atoms. The van der Waals surface area contributed by atoms with Gasteiger partial charge in [-0.25, -0.2) is 4.79 Å². The number of aliphatic carboxylic acids is 1. The van der Waals surface area contributed by atoms with Crippen LogP contribution in [0.5, 0.6) is 0 Å². The van der Waals surface area contributed by atoms with Crippen LogP contribution in [-0.4, -0.2) is 17.3 Å². The molecule has 0 atom stereocenters. The van der Waals surface area contributed by atoms with E-state index in [9.17, 15) is 4.79 Å². The molecule has 3 heteroatoms. The minimum absolute atomic E-state index is 0.406. The lowest BCUT2D eigenvalue weighted by Crippen LogP contribution is -2.07. The quantitative estimate of drug-likeness (QED) is 0.798. The Morgan fingerprint density at radius 2 is 2.00 bits per heavy atom. The molecule has 3 nitrogen and oxygen atoms in total. The van der Waals surface area contributed by atoms with Gasteiger partial charge in [0.25, 0.3) is 0 Å². The zero-order chi connectivity index (χ0) is 10.7. The molecule has 15 heavy (non-hydrogen) atoms. The maximum absolute atomic E-state index is 11.0. The van der Waals surface area contributed by atoms with Gasteiger partial charge in [-0.15, -0.1) is 0 Å². The lowest BCUT2D eigenvalue weighted by atomic mass is 10.0. The highest BCUT2D eigenvalue weighted by atomic mass is 16.4. The van der Waals surface area contributed by atoms with E-state index in [4.69, 9.17) is 5.11 Å². The molecular formula is C12H11NO2. The van der Waals surface area contributed by atoms with Gasteiger partial charge >= 0.3 is 5.97 Å². The van der Waals surface area contributed by atoms with Crippen LogP contribution in [-0.2, 0) is 4.79 Å². The molecule has 0 saturated heterocycles. The fourth-order valence-corrected chi connectivity index (χ4v) is 1.61. The first-order chi connectivity index (χ1) is 7.29. The average molecular weight is 201 g/mol. The molecule has 0 bridgehead atoms. The molecule has 76 valence electrons. The van der Waals surface area contributed by atoms with Crippen LogP contribution in [0.25, 0.3) is 5.70 Å². The summed E-state index contributed by atoms with van der Waals surface area (Å²) in [6.45, 7) is 0. The molecule has 1 heterocycles. The number of hydrogen-bond donors (Lipinski definition) is 1. The predicted molar refractivity (Wildman–Crippen MR) is 58.7 cm³/mol. The van der Waals surface area contributed by atoms with Crippen molar-refractivity contribution in [2.75, 3.05) is 0 Å². The molecule has 0 radical (unpaired) electrons. The number of benzene rings is 1. The van der Waals surface area contributed by atoms with Gasteiger partial charge in [-0.1, -0.05) is 30.3 Å². The van der Waals surface area contributed by atoms with E-state index in [1.807, 2.05) is 30.3 Å². The second-order valence-corrected chi connectivity index (χ2v) is 3.35. The Balaban J connectivity index is 2.49. The topological polar surface area (TPSA) is 49.7 Å². The maximum atomic E-state index is 11.0.